The van der Waals surface area contributed by atoms with Crippen LogP contribution in [0.5, 0.6) is 0 Å². The maximum atomic E-state index is 10.1. The van der Waals surface area contributed by atoms with Gasteiger partial charge < -0.3 is 15.2 Å². The van der Waals surface area contributed by atoms with E-state index in [0.717, 1.165) is 17.9 Å². The van der Waals surface area contributed by atoms with E-state index in [-0.39, 0.29) is 6.10 Å². The molecule has 26 heavy (non-hydrogen) atoms. The number of nitrogens with two attached hydrogens (primary N) is 1. The lowest BCUT2D eigenvalue weighted by molar-refractivity contribution is -0.657. The highest BCUT2D eigenvalue weighted by Crippen LogP contribution is 2.20. The maximum absolute atomic E-state index is 10.1. The molecule has 0 aliphatic heterocycles. The molecule has 0 heterocycles. The smallest absolute Gasteiger partial charge is 0.126 e. The van der Waals surface area contributed by atoms with E-state index in [9.17, 15) is 5.11 Å². The van der Waals surface area contributed by atoms with Gasteiger partial charge in [0.1, 0.15) is 12.6 Å². The highest BCUT2D eigenvalue weighted by molar-refractivity contribution is 7.99. The molecular formula is C21H29ClNO2S+. The van der Waals surface area contributed by atoms with E-state index in [1.54, 1.807) is 0 Å². The molecule has 0 radical (unpaired) electrons. The summed E-state index contributed by atoms with van der Waals surface area (Å²) in [4.78, 5) is 1.31. The number of aryl methyl sites for hydroxylation is 2. The van der Waals surface area contributed by atoms with Crippen molar-refractivity contribution in [3.63, 3.8) is 0 Å². The fourth-order valence-corrected chi connectivity index (χ4v) is 3.60. The number of hydrogen-bond acceptors (Lipinski definition) is 3. The van der Waals surface area contributed by atoms with Crippen LogP contribution < -0.4 is 5.32 Å². The Balaban J connectivity index is 1.59. The summed E-state index contributed by atoms with van der Waals surface area (Å²) in [6.45, 7) is 8.23. The van der Waals surface area contributed by atoms with Crippen LogP contribution in [-0.2, 0) is 4.74 Å². The molecular weight excluding hydrogens is 366 g/mol. The van der Waals surface area contributed by atoms with E-state index in [1.165, 1.54) is 16.0 Å². The number of aliphatic hydroxyl groups excluding tert-OH is 1. The summed E-state index contributed by atoms with van der Waals surface area (Å²) in [6.07, 6.45) is -0.515. The van der Waals surface area contributed by atoms with E-state index in [0.29, 0.717) is 18.2 Å². The van der Waals surface area contributed by atoms with Crippen molar-refractivity contribution in [3.05, 3.63) is 64.2 Å². The van der Waals surface area contributed by atoms with Crippen LogP contribution in [0.4, 0.5) is 0 Å². The molecule has 0 aromatic heterocycles. The molecule has 0 unspecified atom stereocenters. The summed E-state index contributed by atoms with van der Waals surface area (Å²) < 4.78 is 5.76. The topological polar surface area (TPSA) is 46.1 Å². The summed E-state index contributed by atoms with van der Waals surface area (Å²) in [5.41, 5.74) is 3.73. The maximum Gasteiger partial charge on any atom is 0.126 e. The van der Waals surface area contributed by atoms with Crippen LogP contribution in [0.3, 0.4) is 0 Å². The predicted octanol–water partition coefficient (Wildman–Crippen LogP) is 3.75. The van der Waals surface area contributed by atoms with E-state index in [4.69, 9.17) is 16.3 Å². The third kappa shape index (κ3) is 7.29. The van der Waals surface area contributed by atoms with Crippen molar-refractivity contribution in [2.24, 2.45) is 0 Å². The molecule has 0 spiro atoms. The van der Waals surface area contributed by atoms with Crippen molar-refractivity contribution in [1.29, 1.82) is 0 Å². The first kappa shape index (κ1) is 21.3. The monoisotopic (exact) mass is 394 g/mol. The van der Waals surface area contributed by atoms with Crippen LogP contribution in [0.25, 0.3) is 0 Å². The third-order valence-electron chi connectivity index (χ3n) is 4.39. The van der Waals surface area contributed by atoms with Crippen LogP contribution in [0.15, 0.2) is 47.4 Å². The first-order chi connectivity index (χ1) is 12.5. The van der Waals surface area contributed by atoms with Gasteiger partial charge in [-0.3, -0.25) is 0 Å². The van der Waals surface area contributed by atoms with Gasteiger partial charge >= 0.3 is 0 Å². The standard InChI is InChI=1S/C21H28ClNO2S/c1-15-4-9-21(12-16(15)2)26-11-10-23-13-20(24)14-25-17(3)18-5-7-19(22)8-6-18/h4-9,12,17,20,23-24H,10-11,13-14H2,1-3H3/p+1/t17-,20-/m1/s1. The summed E-state index contributed by atoms with van der Waals surface area (Å²) in [6, 6.07) is 14.2. The van der Waals surface area contributed by atoms with Gasteiger partial charge in [-0.25, -0.2) is 0 Å². The summed E-state index contributed by atoms with van der Waals surface area (Å²) in [5.74, 6) is 1.03. The minimum absolute atomic E-state index is 0.0535. The van der Waals surface area contributed by atoms with Gasteiger partial charge in [-0.2, -0.15) is 0 Å². The number of aliphatic hydroxyl groups is 1. The zero-order valence-corrected chi connectivity index (χ0v) is 17.3. The second-order valence-corrected chi connectivity index (χ2v) is 8.19. The average Bonchev–Trinajstić information content (AvgIpc) is 2.63. The van der Waals surface area contributed by atoms with Gasteiger partial charge in [-0.15, -0.1) is 11.8 Å². The van der Waals surface area contributed by atoms with Gasteiger partial charge in [0.05, 0.1) is 19.3 Å². The SMILES string of the molecule is Cc1ccc(SCC[NH2+]C[C@@H](O)CO[C@H](C)c2ccc(Cl)cc2)cc1C. The molecule has 0 fully saturated rings. The van der Waals surface area contributed by atoms with E-state index < -0.39 is 6.10 Å². The quantitative estimate of drug-likeness (QED) is 0.476. The minimum atomic E-state index is -0.462. The molecule has 5 heteroatoms. The Bertz CT molecular complexity index is 678. The Kier molecular flexibility index (Phi) is 8.96. The van der Waals surface area contributed by atoms with E-state index in [2.05, 4.69) is 37.4 Å². The summed E-state index contributed by atoms with van der Waals surface area (Å²) in [5, 5.41) is 13.0. The second kappa shape index (κ2) is 11.0. The van der Waals surface area contributed by atoms with Gasteiger partial charge in [0, 0.05) is 15.7 Å². The fraction of sp³-hybridized carbons (Fsp3) is 0.429. The molecule has 0 bridgehead atoms. The van der Waals surface area contributed by atoms with Gasteiger partial charge in [0.2, 0.25) is 0 Å². The second-order valence-electron chi connectivity index (χ2n) is 6.59. The number of rotatable bonds is 10. The molecule has 142 valence electrons. The molecule has 0 saturated heterocycles. The van der Waals surface area contributed by atoms with Crippen molar-refractivity contribution in [2.75, 3.05) is 25.4 Å². The van der Waals surface area contributed by atoms with Crippen LogP contribution in [-0.4, -0.2) is 36.7 Å². The lowest BCUT2D eigenvalue weighted by Crippen LogP contribution is -2.87. The summed E-state index contributed by atoms with van der Waals surface area (Å²) >= 11 is 7.75. The molecule has 3 nitrogen and oxygen atoms in total. The fourth-order valence-electron chi connectivity index (χ4n) is 2.53. The van der Waals surface area contributed by atoms with E-state index >= 15 is 0 Å². The van der Waals surface area contributed by atoms with E-state index in [1.807, 2.05) is 43.0 Å². The van der Waals surface area contributed by atoms with Gasteiger partial charge in [-0.05, 0) is 61.7 Å². The number of hydrogen-bond donors (Lipinski definition) is 2. The van der Waals surface area contributed by atoms with Crippen LogP contribution in [0.1, 0.15) is 29.7 Å². The van der Waals surface area contributed by atoms with Crippen LogP contribution >= 0.6 is 23.4 Å². The van der Waals surface area contributed by atoms with Crippen LogP contribution in [0, 0.1) is 13.8 Å². The highest BCUT2D eigenvalue weighted by atomic mass is 35.5. The minimum Gasteiger partial charge on any atom is -0.385 e. The molecule has 2 atom stereocenters. The van der Waals surface area contributed by atoms with Crippen molar-refractivity contribution in [1.82, 2.24) is 0 Å². The van der Waals surface area contributed by atoms with Gasteiger partial charge in [0.15, 0.2) is 0 Å². The average molecular weight is 395 g/mol. The van der Waals surface area contributed by atoms with Crippen molar-refractivity contribution in [2.45, 2.75) is 37.9 Å². The molecule has 0 aliphatic carbocycles. The Morgan fingerprint density at radius 2 is 1.85 bits per heavy atom. The van der Waals surface area contributed by atoms with Gasteiger partial charge in [0.25, 0.3) is 0 Å². The Labute approximate surface area is 166 Å². The lowest BCUT2D eigenvalue weighted by atomic mass is 10.1. The molecule has 2 aromatic rings. The molecule has 0 saturated carbocycles. The molecule has 0 aliphatic rings. The Hall–Kier alpha value is -1.04. The predicted molar refractivity (Wildman–Crippen MR) is 110 cm³/mol. The first-order valence-electron chi connectivity index (χ1n) is 9.02. The zero-order valence-electron chi connectivity index (χ0n) is 15.7. The van der Waals surface area contributed by atoms with Gasteiger partial charge in [-0.1, -0.05) is 29.8 Å². The Morgan fingerprint density at radius 1 is 1.12 bits per heavy atom. The number of quaternary nitrogens is 1. The largest absolute Gasteiger partial charge is 0.385 e. The van der Waals surface area contributed by atoms with Crippen molar-refractivity contribution < 1.29 is 15.2 Å². The normalized spacial score (nSPS) is 13.6. The molecule has 3 N–H and O–H groups in total. The molecule has 2 aromatic carbocycles. The molecule has 0 amide bonds. The zero-order chi connectivity index (χ0) is 18.9. The highest BCUT2D eigenvalue weighted by Gasteiger charge is 2.11. The number of benzene rings is 2. The van der Waals surface area contributed by atoms with Crippen molar-refractivity contribution in [3.8, 4) is 0 Å². The summed E-state index contributed by atoms with van der Waals surface area (Å²) in [7, 11) is 0. The van der Waals surface area contributed by atoms with Crippen molar-refractivity contribution >= 4 is 23.4 Å². The number of ether oxygens (including phenoxy) is 1. The lowest BCUT2D eigenvalue weighted by Gasteiger charge is -2.16. The number of thioether (sulfide) groups is 1. The number of halogens is 1. The third-order valence-corrected chi connectivity index (χ3v) is 5.66. The molecule has 2 rings (SSSR count). The van der Waals surface area contributed by atoms with Crippen LogP contribution in [0.2, 0.25) is 5.02 Å². The first-order valence-corrected chi connectivity index (χ1v) is 10.4. The Morgan fingerprint density at radius 3 is 2.54 bits per heavy atom.